The van der Waals surface area contributed by atoms with E-state index in [-0.39, 0.29) is 18.3 Å². The molecule has 8 heteroatoms. The molecule has 1 saturated carbocycles. The lowest BCUT2D eigenvalue weighted by Crippen LogP contribution is -2.52. The number of carbonyl (C=O) groups excluding carboxylic acids is 2. The van der Waals surface area contributed by atoms with Crippen molar-refractivity contribution in [2.24, 2.45) is 0 Å². The Labute approximate surface area is 189 Å². The highest BCUT2D eigenvalue weighted by Crippen LogP contribution is 2.43. The topological polar surface area (TPSA) is 91.7 Å². The lowest BCUT2D eigenvalue weighted by molar-refractivity contribution is -0.0952. The fourth-order valence-electron chi connectivity index (χ4n) is 4.53. The van der Waals surface area contributed by atoms with E-state index < -0.39 is 17.7 Å². The summed E-state index contributed by atoms with van der Waals surface area (Å²) in [5.74, 6) is -0.451. The summed E-state index contributed by atoms with van der Waals surface area (Å²) in [6, 6.07) is 9.59. The minimum absolute atomic E-state index is 0.121. The number of imidazole rings is 1. The number of esters is 1. The molecule has 32 heavy (non-hydrogen) atoms. The molecule has 1 aliphatic rings. The van der Waals surface area contributed by atoms with Crippen LogP contribution < -0.4 is 5.32 Å². The lowest BCUT2D eigenvalue weighted by Gasteiger charge is -2.44. The Kier molecular flexibility index (Phi) is 8.27. The van der Waals surface area contributed by atoms with Crippen LogP contribution in [0.15, 0.2) is 36.7 Å². The van der Waals surface area contributed by atoms with Crippen molar-refractivity contribution in [3.63, 3.8) is 0 Å². The van der Waals surface area contributed by atoms with Crippen LogP contribution in [0.1, 0.15) is 63.0 Å². The predicted molar refractivity (Wildman–Crippen MR) is 121 cm³/mol. The van der Waals surface area contributed by atoms with Gasteiger partial charge in [0.25, 0.3) is 0 Å². The maximum absolute atomic E-state index is 12.7. The Morgan fingerprint density at radius 1 is 1.09 bits per heavy atom. The second-order valence-corrected chi connectivity index (χ2v) is 7.77. The SMILES string of the molecule is CCOC(=O)NCC1(OCC)CCCCC1n1cnc(C(=O)OCC)c1-c1ccccc1. The standard InChI is InChI=1S/C24H33N3O5/c1-4-30-22(28)20-21(18-12-8-7-9-13-18)27(17-26-20)19-14-10-11-15-24(19,32-6-3)16-25-23(29)31-5-2/h7-9,12-13,17,19H,4-6,10-11,14-16H2,1-3H3,(H,25,29). The molecule has 0 saturated heterocycles. The van der Waals surface area contributed by atoms with Gasteiger partial charge in [-0.1, -0.05) is 43.2 Å². The molecule has 3 rings (SSSR count). The van der Waals surface area contributed by atoms with E-state index in [4.69, 9.17) is 14.2 Å². The van der Waals surface area contributed by atoms with Gasteiger partial charge in [0.15, 0.2) is 5.69 Å². The molecule has 0 radical (unpaired) electrons. The van der Waals surface area contributed by atoms with Crippen molar-refractivity contribution >= 4 is 12.1 Å². The lowest BCUT2D eigenvalue weighted by atomic mass is 9.79. The molecule has 1 aromatic carbocycles. The fraction of sp³-hybridized carbons (Fsp3) is 0.542. The van der Waals surface area contributed by atoms with Crippen molar-refractivity contribution in [2.45, 2.75) is 58.1 Å². The summed E-state index contributed by atoms with van der Waals surface area (Å²) in [4.78, 5) is 29.2. The first-order valence-electron chi connectivity index (χ1n) is 11.4. The number of aromatic nitrogens is 2. The Bertz CT molecular complexity index is 894. The number of hydrogen-bond acceptors (Lipinski definition) is 6. The van der Waals surface area contributed by atoms with Crippen molar-refractivity contribution in [2.75, 3.05) is 26.4 Å². The number of hydrogen-bond donors (Lipinski definition) is 1. The van der Waals surface area contributed by atoms with Crippen LogP contribution in [-0.2, 0) is 14.2 Å². The van der Waals surface area contributed by atoms with Crippen molar-refractivity contribution in [1.29, 1.82) is 0 Å². The Morgan fingerprint density at radius 2 is 1.84 bits per heavy atom. The molecule has 1 amide bonds. The van der Waals surface area contributed by atoms with Gasteiger partial charge >= 0.3 is 12.1 Å². The molecular formula is C24H33N3O5. The quantitative estimate of drug-likeness (QED) is 0.579. The molecule has 2 atom stereocenters. The monoisotopic (exact) mass is 443 g/mol. The van der Waals surface area contributed by atoms with Gasteiger partial charge in [-0.2, -0.15) is 0 Å². The molecule has 1 aromatic heterocycles. The van der Waals surface area contributed by atoms with Crippen LogP contribution in [0.3, 0.4) is 0 Å². The van der Waals surface area contributed by atoms with Crippen molar-refractivity contribution in [1.82, 2.24) is 14.9 Å². The number of carbonyl (C=O) groups is 2. The third kappa shape index (κ3) is 5.12. The van der Waals surface area contributed by atoms with E-state index in [9.17, 15) is 9.59 Å². The molecule has 1 fully saturated rings. The Hall–Kier alpha value is -2.87. The van der Waals surface area contributed by atoms with E-state index >= 15 is 0 Å². The second kappa shape index (κ2) is 11.1. The maximum atomic E-state index is 12.7. The molecule has 1 heterocycles. The first-order valence-corrected chi connectivity index (χ1v) is 11.4. The molecule has 2 aromatic rings. The first kappa shape index (κ1) is 23.8. The highest BCUT2D eigenvalue weighted by atomic mass is 16.5. The van der Waals surface area contributed by atoms with Crippen LogP contribution in [0.2, 0.25) is 0 Å². The summed E-state index contributed by atoms with van der Waals surface area (Å²) in [5, 5.41) is 2.88. The minimum atomic E-state index is -0.643. The number of nitrogens with one attached hydrogen (secondary N) is 1. The molecule has 2 unspecified atom stereocenters. The van der Waals surface area contributed by atoms with Crippen molar-refractivity contribution in [3.8, 4) is 11.3 Å². The van der Waals surface area contributed by atoms with Crippen LogP contribution in [-0.4, -0.2) is 53.6 Å². The predicted octanol–water partition coefficient (Wildman–Crippen LogP) is 4.36. The highest BCUT2D eigenvalue weighted by molar-refractivity contribution is 5.94. The van der Waals surface area contributed by atoms with Gasteiger partial charge in [0.05, 0.1) is 37.8 Å². The smallest absolute Gasteiger partial charge is 0.407 e. The fourth-order valence-corrected chi connectivity index (χ4v) is 4.53. The van der Waals surface area contributed by atoms with Crippen LogP contribution >= 0.6 is 0 Å². The van der Waals surface area contributed by atoms with E-state index in [2.05, 4.69) is 10.3 Å². The van der Waals surface area contributed by atoms with Crippen LogP contribution in [0.25, 0.3) is 11.3 Å². The first-order chi connectivity index (χ1) is 15.6. The summed E-state index contributed by atoms with van der Waals surface area (Å²) in [5.41, 5.74) is 1.22. The van der Waals surface area contributed by atoms with E-state index in [0.29, 0.717) is 25.5 Å². The van der Waals surface area contributed by atoms with Crippen molar-refractivity contribution < 1.29 is 23.8 Å². The van der Waals surface area contributed by atoms with Gasteiger partial charge in [-0.05, 0) is 33.6 Å². The van der Waals surface area contributed by atoms with Gasteiger partial charge in [0.2, 0.25) is 0 Å². The molecule has 174 valence electrons. The highest BCUT2D eigenvalue weighted by Gasteiger charge is 2.44. The maximum Gasteiger partial charge on any atom is 0.407 e. The zero-order valence-electron chi connectivity index (χ0n) is 19.1. The summed E-state index contributed by atoms with van der Waals surface area (Å²) < 4.78 is 18.7. The molecule has 1 N–H and O–H groups in total. The third-order valence-corrected chi connectivity index (χ3v) is 5.82. The minimum Gasteiger partial charge on any atom is -0.461 e. The number of alkyl carbamates (subject to hydrolysis) is 1. The van der Waals surface area contributed by atoms with Crippen LogP contribution in [0.5, 0.6) is 0 Å². The van der Waals surface area contributed by atoms with E-state index in [0.717, 1.165) is 31.2 Å². The summed E-state index contributed by atoms with van der Waals surface area (Å²) in [6.07, 6.45) is 4.85. The molecule has 8 nitrogen and oxygen atoms in total. The van der Waals surface area contributed by atoms with Gasteiger partial charge in [-0.25, -0.2) is 14.6 Å². The number of amides is 1. The number of benzene rings is 1. The van der Waals surface area contributed by atoms with Gasteiger partial charge in [-0.3, -0.25) is 0 Å². The second-order valence-electron chi connectivity index (χ2n) is 7.77. The largest absolute Gasteiger partial charge is 0.461 e. The average Bonchev–Trinajstić information content (AvgIpc) is 3.24. The van der Waals surface area contributed by atoms with Gasteiger partial charge in [0, 0.05) is 12.2 Å². The van der Waals surface area contributed by atoms with Gasteiger partial charge < -0.3 is 24.1 Å². The van der Waals surface area contributed by atoms with Crippen molar-refractivity contribution in [3.05, 3.63) is 42.4 Å². The van der Waals surface area contributed by atoms with E-state index in [1.165, 1.54) is 0 Å². The van der Waals surface area contributed by atoms with E-state index in [1.807, 2.05) is 41.8 Å². The number of ether oxygens (including phenoxy) is 3. The Balaban J connectivity index is 2.06. The van der Waals surface area contributed by atoms with E-state index in [1.54, 1.807) is 20.2 Å². The van der Waals surface area contributed by atoms with Crippen LogP contribution in [0, 0.1) is 0 Å². The zero-order chi connectivity index (χ0) is 23.0. The van der Waals surface area contributed by atoms with Crippen LogP contribution in [0.4, 0.5) is 4.79 Å². The van der Waals surface area contributed by atoms with Gasteiger partial charge in [0.1, 0.15) is 5.60 Å². The summed E-state index contributed by atoms with van der Waals surface area (Å²) in [6.45, 7) is 6.89. The summed E-state index contributed by atoms with van der Waals surface area (Å²) >= 11 is 0. The Morgan fingerprint density at radius 3 is 2.53 bits per heavy atom. The average molecular weight is 444 g/mol. The van der Waals surface area contributed by atoms with Gasteiger partial charge in [-0.15, -0.1) is 0 Å². The molecule has 1 aliphatic carbocycles. The third-order valence-electron chi connectivity index (χ3n) is 5.82. The molecular weight excluding hydrogens is 410 g/mol. The molecule has 0 bridgehead atoms. The summed E-state index contributed by atoms with van der Waals surface area (Å²) in [7, 11) is 0. The normalized spacial score (nSPS) is 20.5. The number of rotatable bonds is 9. The zero-order valence-corrected chi connectivity index (χ0v) is 19.1. The number of nitrogens with zero attached hydrogens (tertiary/aromatic N) is 2. The molecule has 0 spiro atoms. The molecule has 0 aliphatic heterocycles.